The van der Waals surface area contributed by atoms with Crippen molar-refractivity contribution in [1.82, 2.24) is 0 Å². The maximum atomic E-state index is 6.12. The summed E-state index contributed by atoms with van der Waals surface area (Å²) in [6, 6.07) is 6.50. The number of benzene rings is 1. The van der Waals surface area contributed by atoms with Crippen LogP contribution >= 0.6 is 15.9 Å². The topological polar surface area (TPSA) is 29.3 Å². The molecule has 0 spiro atoms. The van der Waals surface area contributed by atoms with Crippen LogP contribution in [0, 0.1) is 0 Å². The predicted octanol–water partition coefficient (Wildman–Crippen LogP) is 3.63. The second kappa shape index (κ2) is 4.99. The minimum atomic E-state index is -0.275. The lowest BCUT2D eigenvalue weighted by Crippen LogP contribution is -2.31. The van der Waals surface area contributed by atoms with Gasteiger partial charge in [-0.05, 0) is 66.7 Å². The Kier molecular flexibility index (Phi) is 3.79. The van der Waals surface area contributed by atoms with Gasteiger partial charge in [0, 0.05) is 23.1 Å². The van der Waals surface area contributed by atoms with Gasteiger partial charge in [0.25, 0.3) is 0 Å². The summed E-state index contributed by atoms with van der Waals surface area (Å²) in [6.07, 6.45) is 3.97. The van der Waals surface area contributed by atoms with Crippen LogP contribution in [0.25, 0.3) is 0 Å². The molecular weight excluding hydrogens is 276 g/mol. The Morgan fingerprint density at radius 3 is 2.35 bits per heavy atom. The molecule has 17 heavy (non-hydrogen) atoms. The first-order valence-corrected chi connectivity index (χ1v) is 7.11. The van der Waals surface area contributed by atoms with Gasteiger partial charge in [-0.1, -0.05) is 6.07 Å². The molecule has 94 valence electrons. The maximum absolute atomic E-state index is 6.12. The zero-order chi connectivity index (χ0) is 12.5. The van der Waals surface area contributed by atoms with E-state index in [0.29, 0.717) is 0 Å². The van der Waals surface area contributed by atoms with Crippen molar-refractivity contribution in [3.05, 3.63) is 28.2 Å². The molecule has 1 saturated heterocycles. The van der Waals surface area contributed by atoms with Crippen LogP contribution in [-0.2, 0) is 5.54 Å². The molecule has 1 heterocycles. The zero-order valence-electron chi connectivity index (χ0n) is 10.7. The molecule has 1 fully saturated rings. The molecule has 0 atom stereocenters. The monoisotopic (exact) mass is 296 g/mol. The van der Waals surface area contributed by atoms with Gasteiger partial charge < -0.3 is 10.6 Å². The van der Waals surface area contributed by atoms with Gasteiger partial charge in [0.05, 0.1) is 5.69 Å². The molecule has 2 N–H and O–H groups in total. The highest BCUT2D eigenvalue weighted by molar-refractivity contribution is 9.10. The Balaban J connectivity index is 2.25. The van der Waals surface area contributed by atoms with Crippen LogP contribution in [0.4, 0.5) is 5.69 Å². The average molecular weight is 297 g/mol. The summed E-state index contributed by atoms with van der Waals surface area (Å²) in [6.45, 7) is 6.42. The third-order valence-electron chi connectivity index (χ3n) is 3.39. The highest BCUT2D eigenvalue weighted by Crippen LogP contribution is 2.31. The van der Waals surface area contributed by atoms with E-state index in [1.165, 1.54) is 43.6 Å². The number of nitrogens with two attached hydrogens (primary N) is 1. The number of hydrogen-bond acceptors (Lipinski definition) is 2. The first-order chi connectivity index (χ1) is 7.98. The Morgan fingerprint density at radius 1 is 1.18 bits per heavy atom. The van der Waals surface area contributed by atoms with E-state index < -0.39 is 0 Å². The third kappa shape index (κ3) is 3.02. The van der Waals surface area contributed by atoms with Crippen molar-refractivity contribution in [3.8, 4) is 0 Å². The normalized spacial score (nSPS) is 17.3. The predicted molar refractivity (Wildman–Crippen MR) is 77.4 cm³/mol. The summed E-state index contributed by atoms with van der Waals surface area (Å²) in [5.74, 6) is 0. The first kappa shape index (κ1) is 12.9. The van der Waals surface area contributed by atoms with E-state index in [4.69, 9.17) is 5.73 Å². The second-order valence-corrected chi connectivity index (χ2v) is 6.29. The zero-order valence-corrected chi connectivity index (χ0v) is 12.3. The van der Waals surface area contributed by atoms with E-state index in [2.05, 4.69) is 39.0 Å². The van der Waals surface area contributed by atoms with E-state index in [-0.39, 0.29) is 5.54 Å². The van der Waals surface area contributed by atoms with Gasteiger partial charge in [-0.2, -0.15) is 0 Å². The lowest BCUT2D eigenvalue weighted by atomic mass is 9.95. The van der Waals surface area contributed by atoms with E-state index in [1.54, 1.807) is 0 Å². The smallest absolute Gasteiger partial charge is 0.0510 e. The van der Waals surface area contributed by atoms with Gasteiger partial charge >= 0.3 is 0 Å². The quantitative estimate of drug-likeness (QED) is 0.903. The summed E-state index contributed by atoms with van der Waals surface area (Å²) in [5.41, 5.74) is 8.32. The number of nitrogens with zero attached hydrogens (tertiary/aromatic N) is 1. The SMILES string of the molecule is CC(C)(N)c1ccc(N2CCCCC2)c(Br)c1. The van der Waals surface area contributed by atoms with Crippen LogP contribution in [-0.4, -0.2) is 13.1 Å². The van der Waals surface area contributed by atoms with Crippen LogP contribution in [0.15, 0.2) is 22.7 Å². The number of hydrogen-bond donors (Lipinski definition) is 1. The average Bonchev–Trinajstić information content (AvgIpc) is 2.29. The Labute approximate surface area is 112 Å². The highest BCUT2D eigenvalue weighted by atomic mass is 79.9. The molecule has 3 heteroatoms. The lowest BCUT2D eigenvalue weighted by molar-refractivity contribution is 0.553. The van der Waals surface area contributed by atoms with Gasteiger partial charge in [0.2, 0.25) is 0 Å². The molecule has 0 unspecified atom stereocenters. The van der Waals surface area contributed by atoms with Gasteiger partial charge in [-0.25, -0.2) is 0 Å². The van der Waals surface area contributed by atoms with Crippen molar-refractivity contribution < 1.29 is 0 Å². The fraction of sp³-hybridized carbons (Fsp3) is 0.571. The van der Waals surface area contributed by atoms with Crippen molar-refractivity contribution >= 4 is 21.6 Å². The molecule has 2 rings (SSSR count). The second-order valence-electron chi connectivity index (χ2n) is 5.44. The molecule has 1 aromatic rings. The van der Waals surface area contributed by atoms with Crippen LogP contribution in [0.1, 0.15) is 38.7 Å². The molecule has 1 aromatic carbocycles. The molecule has 2 nitrogen and oxygen atoms in total. The fourth-order valence-corrected chi connectivity index (χ4v) is 2.93. The summed E-state index contributed by atoms with van der Waals surface area (Å²) >= 11 is 3.68. The van der Waals surface area contributed by atoms with E-state index in [1.807, 2.05) is 13.8 Å². The molecule has 1 aliphatic heterocycles. The highest BCUT2D eigenvalue weighted by Gasteiger charge is 2.18. The van der Waals surface area contributed by atoms with E-state index >= 15 is 0 Å². The van der Waals surface area contributed by atoms with Crippen molar-refractivity contribution in [3.63, 3.8) is 0 Å². The third-order valence-corrected chi connectivity index (χ3v) is 4.02. The lowest BCUT2D eigenvalue weighted by Gasteiger charge is -2.30. The molecule has 0 radical (unpaired) electrons. The van der Waals surface area contributed by atoms with Gasteiger partial charge in [-0.15, -0.1) is 0 Å². The van der Waals surface area contributed by atoms with Crippen molar-refractivity contribution in [2.75, 3.05) is 18.0 Å². The van der Waals surface area contributed by atoms with Crippen LogP contribution < -0.4 is 10.6 Å². The van der Waals surface area contributed by atoms with Crippen molar-refractivity contribution in [1.29, 1.82) is 0 Å². The molecule has 1 aliphatic rings. The number of halogens is 1. The summed E-state index contributed by atoms with van der Waals surface area (Å²) < 4.78 is 1.16. The van der Waals surface area contributed by atoms with E-state index in [0.717, 1.165) is 4.47 Å². The molecule has 0 bridgehead atoms. The number of rotatable bonds is 2. The summed E-state index contributed by atoms with van der Waals surface area (Å²) in [7, 11) is 0. The molecule has 0 aliphatic carbocycles. The van der Waals surface area contributed by atoms with Crippen LogP contribution in [0.3, 0.4) is 0 Å². The Hall–Kier alpha value is -0.540. The standard InChI is InChI=1S/C14H21BrN2/c1-14(2,16)11-6-7-13(12(15)10-11)17-8-4-3-5-9-17/h6-7,10H,3-5,8-9,16H2,1-2H3. The number of piperidine rings is 1. The number of anilines is 1. The molecular formula is C14H21BrN2. The molecule has 0 saturated carbocycles. The molecule has 0 amide bonds. The van der Waals surface area contributed by atoms with Gasteiger partial charge in [0.1, 0.15) is 0 Å². The minimum absolute atomic E-state index is 0.275. The van der Waals surface area contributed by atoms with Gasteiger partial charge in [-0.3, -0.25) is 0 Å². The minimum Gasteiger partial charge on any atom is -0.371 e. The first-order valence-electron chi connectivity index (χ1n) is 6.32. The van der Waals surface area contributed by atoms with Crippen molar-refractivity contribution in [2.45, 2.75) is 38.6 Å². The Bertz CT molecular complexity index is 390. The van der Waals surface area contributed by atoms with Gasteiger partial charge in [0.15, 0.2) is 0 Å². The van der Waals surface area contributed by atoms with Crippen LogP contribution in [0.5, 0.6) is 0 Å². The van der Waals surface area contributed by atoms with Crippen molar-refractivity contribution in [2.24, 2.45) is 5.73 Å². The summed E-state index contributed by atoms with van der Waals surface area (Å²) in [5, 5.41) is 0. The van der Waals surface area contributed by atoms with E-state index in [9.17, 15) is 0 Å². The summed E-state index contributed by atoms with van der Waals surface area (Å²) in [4.78, 5) is 2.46. The van der Waals surface area contributed by atoms with Crippen LogP contribution in [0.2, 0.25) is 0 Å². The Morgan fingerprint density at radius 2 is 1.82 bits per heavy atom. The molecule has 0 aromatic heterocycles. The fourth-order valence-electron chi connectivity index (χ4n) is 2.30. The largest absolute Gasteiger partial charge is 0.371 e. The maximum Gasteiger partial charge on any atom is 0.0510 e.